The van der Waals surface area contributed by atoms with E-state index in [2.05, 4.69) is 207 Å². The van der Waals surface area contributed by atoms with Gasteiger partial charge < -0.3 is 4.42 Å². The number of furan rings is 1. The lowest BCUT2D eigenvalue weighted by atomic mass is 9.70. The Labute approximate surface area is 372 Å². The monoisotopic (exact) mass is 816 g/mol. The van der Waals surface area contributed by atoms with Gasteiger partial charge in [0.2, 0.25) is 0 Å². The third-order valence-electron chi connectivity index (χ3n) is 13.7. The lowest BCUT2D eigenvalue weighted by Crippen LogP contribution is -2.25. The van der Waals surface area contributed by atoms with Gasteiger partial charge >= 0.3 is 0 Å². The molecular weight excluding hydrogens is 777 g/mol. The van der Waals surface area contributed by atoms with Gasteiger partial charge in [-0.25, -0.2) is 9.97 Å². The highest BCUT2D eigenvalue weighted by Gasteiger charge is 2.51. The van der Waals surface area contributed by atoms with Crippen LogP contribution in [0.3, 0.4) is 0 Å². The molecule has 8 aromatic carbocycles. The maximum Gasteiger partial charge on any atom is 0.160 e. The Morgan fingerprint density at radius 3 is 1.78 bits per heavy atom. The molecule has 3 aliphatic carbocycles. The standard InChI is InChI=1S/C61H40N2O/c1-38-15-13-24-50(59(38)41-19-14-18-39(29-30-41)42-31-34-49-48-23-8-12-28-57(48)64-58(49)36-42)56-37-55(40-16-3-2-4-17-40)62-60(63-56)43-32-33-47-46-22-7-11-27-53(46)61(54(47)35-43)51-25-9-5-20-44(51)45-21-6-10-26-52(45)61/h2-13,15-37H,14H2,1H3. The van der Waals surface area contributed by atoms with Crippen LogP contribution in [0, 0.1) is 6.92 Å². The second-order valence-corrected chi connectivity index (χ2v) is 17.2. The van der Waals surface area contributed by atoms with Crippen LogP contribution >= 0.6 is 0 Å². The molecule has 2 heterocycles. The molecule has 0 N–H and O–H groups in total. The van der Waals surface area contributed by atoms with Gasteiger partial charge in [0.15, 0.2) is 5.82 Å². The molecule has 64 heavy (non-hydrogen) atoms. The Bertz CT molecular complexity index is 3590. The fraction of sp³-hybridized carbons (Fsp3) is 0.0492. The number of hydrogen-bond acceptors (Lipinski definition) is 3. The first kappa shape index (κ1) is 36.5. The van der Waals surface area contributed by atoms with E-state index in [0.29, 0.717) is 5.82 Å². The van der Waals surface area contributed by atoms with Gasteiger partial charge in [-0.2, -0.15) is 0 Å². The summed E-state index contributed by atoms with van der Waals surface area (Å²) in [7, 11) is 0. The van der Waals surface area contributed by atoms with Gasteiger partial charge in [-0.15, -0.1) is 0 Å². The zero-order valence-electron chi connectivity index (χ0n) is 35.2. The van der Waals surface area contributed by atoms with Crippen molar-refractivity contribution in [2.75, 3.05) is 0 Å². The number of para-hydroxylation sites is 1. The summed E-state index contributed by atoms with van der Waals surface area (Å²) in [6.07, 6.45) is 9.95. The van der Waals surface area contributed by atoms with Crippen molar-refractivity contribution in [3.8, 4) is 56.2 Å². The average Bonchev–Trinajstić information content (AvgIpc) is 3.89. The molecule has 0 atom stereocenters. The second-order valence-electron chi connectivity index (χ2n) is 17.2. The van der Waals surface area contributed by atoms with E-state index in [1.165, 1.54) is 66.8 Å². The SMILES string of the molecule is Cc1cccc(-c2cc(-c3ccccc3)nc(-c3ccc4c(c3)C3(c5ccccc5-c5ccccc53)c3ccccc3-4)n2)c1C1=CCC=C(c2ccc3c(c2)oc2ccccc23)C=C1. The first-order chi connectivity index (χ1) is 31.6. The van der Waals surface area contributed by atoms with Crippen LogP contribution in [0.2, 0.25) is 0 Å². The van der Waals surface area contributed by atoms with Gasteiger partial charge in [0.05, 0.1) is 16.8 Å². The number of hydrogen-bond donors (Lipinski definition) is 0. The van der Waals surface area contributed by atoms with Crippen molar-refractivity contribution >= 4 is 33.1 Å². The quantitative estimate of drug-likeness (QED) is 0.174. The maximum absolute atomic E-state index is 6.28. The summed E-state index contributed by atoms with van der Waals surface area (Å²) >= 11 is 0. The van der Waals surface area contributed by atoms with Crippen molar-refractivity contribution in [2.24, 2.45) is 0 Å². The molecule has 0 fully saturated rings. The van der Waals surface area contributed by atoms with Crippen molar-refractivity contribution in [3.05, 3.63) is 251 Å². The third kappa shape index (κ3) is 5.41. The van der Waals surface area contributed by atoms with Crippen LogP contribution in [0.5, 0.6) is 0 Å². The highest BCUT2D eigenvalue weighted by molar-refractivity contribution is 6.06. The first-order valence-electron chi connectivity index (χ1n) is 22.1. The van der Waals surface area contributed by atoms with Crippen LogP contribution in [0.15, 0.2) is 217 Å². The molecule has 3 nitrogen and oxygen atoms in total. The molecule has 3 aliphatic rings. The molecule has 300 valence electrons. The molecule has 10 aromatic rings. The normalized spacial score (nSPS) is 14.2. The molecular formula is C61H40N2O. The third-order valence-corrected chi connectivity index (χ3v) is 13.7. The zero-order valence-corrected chi connectivity index (χ0v) is 35.2. The fourth-order valence-corrected chi connectivity index (χ4v) is 10.9. The second kappa shape index (κ2) is 14.2. The van der Waals surface area contributed by atoms with E-state index in [1.807, 2.05) is 12.1 Å². The molecule has 3 heteroatoms. The van der Waals surface area contributed by atoms with Crippen LogP contribution in [0.4, 0.5) is 0 Å². The topological polar surface area (TPSA) is 38.9 Å². The lowest BCUT2D eigenvalue weighted by molar-refractivity contribution is 0.669. The molecule has 0 saturated carbocycles. The van der Waals surface area contributed by atoms with Crippen LogP contribution < -0.4 is 0 Å². The molecule has 0 amide bonds. The predicted octanol–water partition coefficient (Wildman–Crippen LogP) is 15.5. The largest absolute Gasteiger partial charge is 0.456 e. The van der Waals surface area contributed by atoms with Crippen molar-refractivity contribution in [2.45, 2.75) is 18.8 Å². The summed E-state index contributed by atoms with van der Waals surface area (Å²) in [4.78, 5) is 10.9. The molecule has 0 aliphatic heterocycles. The first-order valence-corrected chi connectivity index (χ1v) is 22.1. The highest BCUT2D eigenvalue weighted by Crippen LogP contribution is 2.63. The van der Waals surface area contributed by atoms with Crippen LogP contribution in [-0.2, 0) is 5.41 Å². The van der Waals surface area contributed by atoms with Crippen LogP contribution in [-0.4, -0.2) is 9.97 Å². The molecule has 2 aromatic heterocycles. The van der Waals surface area contributed by atoms with Crippen molar-refractivity contribution in [1.82, 2.24) is 9.97 Å². The van der Waals surface area contributed by atoms with Crippen LogP contribution in [0.25, 0.3) is 89.2 Å². The molecule has 0 bridgehead atoms. The Hall–Kier alpha value is -8.14. The Morgan fingerprint density at radius 1 is 0.422 bits per heavy atom. The zero-order chi connectivity index (χ0) is 42.4. The Balaban J connectivity index is 0.948. The maximum atomic E-state index is 6.28. The predicted molar refractivity (Wildman–Crippen MR) is 263 cm³/mol. The van der Waals surface area contributed by atoms with E-state index >= 15 is 0 Å². The fourth-order valence-electron chi connectivity index (χ4n) is 10.9. The van der Waals surface area contributed by atoms with Gasteiger partial charge in [-0.1, -0.05) is 182 Å². The van der Waals surface area contributed by atoms with Crippen molar-refractivity contribution in [3.63, 3.8) is 0 Å². The number of allylic oxidation sites excluding steroid dienone is 6. The van der Waals surface area contributed by atoms with Gasteiger partial charge in [0, 0.05) is 27.5 Å². The van der Waals surface area contributed by atoms with E-state index in [1.54, 1.807) is 0 Å². The minimum absolute atomic E-state index is 0.457. The van der Waals surface area contributed by atoms with Crippen molar-refractivity contribution in [1.29, 1.82) is 0 Å². The summed E-state index contributed by atoms with van der Waals surface area (Å²) < 4.78 is 6.28. The van der Waals surface area contributed by atoms with Crippen molar-refractivity contribution < 1.29 is 4.42 Å². The van der Waals surface area contributed by atoms with E-state index < -0.39 is 5.41 Å². The molecule has 0 unspecified atom stereocenters. The number of nitrogens with zero attached hydrogens (tertiary/aromatic N) is 2. The van der Waals surface area contributed by atoms with E-state index in [9.17, 15) is 0 Å². The van der Waals surface area contributed by atoms with Gasteiger partial charge in [-0.05, 0) is 116 Å². The number of benzene rings is 8. The van der Waals surface area contributed by atoms with E-state index in [0.717, 1.165) is 62.0 Å². The van der Waals surface area contributed by atoms with Crippen LogP contribution in [0.1, 0.15) is 45.4 Å². The van der Waals surface area contributed by atoms with Gasteiger partial charge in [0.25, 0.3) is 0 Å². The van der Waals surface area contributed by atoms with Gasteiger partial charge in [-0.3, -0.25) is 0 Å². The summed E-state index contributed by atoms with van der Waals surface area (Å²) in [6, 6.07) is 67.8. The Morgan fingerprint density at radius 2 is 1.02 bits per heavy atom. The van der Waals surface area contributed by atoms with E-state index in [4.69, 9.17) is 14.4 Å². The molecule has 0 radical (unpaired) electrons. The number of aryl methyl sites for hydroxylation is 1. The molecule has 1 spiro atoms. The smallest absolute Gasteiger partial charge is 0.160 e. The minimum atomic E-state index is -0.457. The highest BCUT2D eigenvalue weighted by atomic mass is 16.3. The number of aromatic nitrogens is 2. The lowest BCUT2D eigenvalue weighted by Gasteiger charge is -2.30. The summed E-state index contributed by atoms with van der Waals surface area (Å²) in [5.74, 6) is 0.701. The minimum Gasteiger partial charge on any atom is -0.456 e. The Kier molecular flexibility index (Phi) is 8.10. The summed E-state index contributed by atoms with van der Waals surface area (Å²) in [6.45, 7) is 2.21. The molecule has 0 saturated heterocycles. The molecule has 13 rings (SSSR count). The summed E-state index contributed by atoms with van der Waals surface area (Å²) in [5, 5.41) is 2.28. The summed E-state index contributed by atoms with van der Waals surface area (Å²) in [5.41, 5.74) is 22.4. The van der Waals surface area contributed by atoms with Gasteiger partial charge in [0.1, 0.15) is 11.2 Å². The number of fused-ring (bicyclic) bond motifs is 13. The number of rotatable bonds is 5. The van der Waals surface area contributed by atoms with E-state index in [-0.39, 0.29) is 0 Å². The average molecular weight is 817 g/mol.